The van der Waals surface area contributed by atoms with Gasteiger partial charge in [0.25, 0.3) is 0 Å². The van der Waals surface area contributed by atoms with Crippen molar-refractivity contribution in [3.63, 3.8) is 0 Å². The third-order valence-corrected chi connectivity index (χ3v) is 4.23. The quantitative estimate of drug-likeness (QED) is 0.888. The van der Waals surface area contributed by atoms with Crippen LogP contribution in [0.4, 0.5) is 0 Å². The lowest BCUT2D eigenvalue weighted by Gasteiger charge is -2.14. The van der Waals surface area contributed by atoms with E-state index < -0.39 is 0 Å². The second-order valence-corrected chi connectivity index (χ2v) is 5.33. The molecular weight excluding hydrogens is 288 g/mol. The molecule has 0 aliphatic rings. The van der Waals surface area contributed by atoms with Gasteiger partial charge in [-0.05, 0) is 26.1 Å². The summed E-state index contributed by atoms with van der Waals surface area (Å²) in [6, 6.07) is 4.01. The van der Waals surface area contributed by atoms with Gasteiger partial charge in [-0.2, -0.15) is 0 Å². The van der Waals surface area contributed by atoms with E-state index in [4.69, 9.17) is 14.2 Å². The fraction of sp³-hybridized carbons (Fsp3) is 0.400. The molecule has 1 atom stereocenters. The van der Waals surface area contributed by atoms with Crippen LogP contribution in [-0.4, -0.2) is 33.4 Å². The van der Waals surface area contributed by atoms with Crippen LogP contribution in [0.5, 0.6) is 17.2 Å². The number of hydrogen-bond donors (Lipinski definition) is 1. The third-order valence-electron chi connectivity index (χ3n) is 3.33. The van der Waals surface area contributed by atoms with Gasteiger partial charge in [-0.1, -0.05) is 0 Å². The van der Waals surface area contributed by atoms with Crippen molar-refractivity contribution in [1.29, 1.82) is 0 Å². The maximum Gasteiger partial charge on any atom is 0.204 e. The van der Waals surface area contributed by atoms with Gasteiger partial charge < -0.3 is 19.5 Å². The Labute approximate surface area is 128 Å². The van der Waals surface area contributed by atoms with Crippen molar-refractivity contribution in [1.82, 2.24) is 10.3 Å². The molecule has 114 valence electrons. The van der Waals surface area contributed by atoms with E-state index >= 15 is 0 Å². The van der Waals surface area contributed by atoms with E-state index in [1.807, 2.05) is 24.6 Å². The molecule has 0 spiro atoms. The number of aromatic nitrogens is 1. The van der Waals surface area contributed by atoms with E-state index in [-0.39, 0.29) is 6.04 Å². The van der Waals surface area contributed by atoms with E-state index in [0.717, 1.165) is 16.3 Å². The lowest BCUT2D eigenvalue weighted by Crippen LogP contribution is -2.12. The maximum absolute atomic E-state index is 5.51. The number of thiazole rings is 1. The Kier molecular flexibility index (Phi) is 5.03. The normalized spacial score (nSPS) is 12.0. The minimum atomic E-state index is 0.209. The van der Waals surface area contributed by atoms with Crippen LogP contribution < -0.4 is 19.5 Å². The SMILES string of the molecule is CNC(C)c1csc(-c2ccc(OC)c(OC)c2OC)n1. The maximum atomic E-state index is 5.51. The van der Waals surface area contributed by atoms with Crippen LogP contribution in [0, 0.1) is 0 Å². The van der Waals surface area contributed by atoms with Gasteiger partial charge in [0.05, 0.1) is 32.6 Å². The third kappa shape index (κ3) is 2.96. The lowest BCUT2D eigenvalue weighted by molar-refractivity contribution is 0.325. The standard InChI is InChI=1S/C15H20N2O3S/c1-9(16-2)11-8-21-15(17-11)10-6-7-12(18-3)14(20-5)13(10)19-4/h6-9,16H,1-5H3. The van der Waals surface area contributed by atoms with Crippen LogP contribution in [0.15, 0.2) is 17.5 Å². The van der Waals surface area contributed by atoms with Crippen molar-refractivity contribution in [3.8, 4) is 27.8 Å². The van der Waals surface area contributed by atoms with E-state index in [1.165, 1.54) is 0 Å². The summed E-state index contributed by atoms with van der Waals surface area (Å²) >= 11 is 1.58. The number of benzene rings is 1. The van der Waals surface area contributed by atoms with Gasteiger partial charge in [0.2, 0.25) is 5.75 Å². The minimum Gasteiger partial charge on any atom is -0.493 e. The Morgan fingerprint density at radius 2 is 1.81 bits per heavy atom. The predicted molar refractivity (Wildman–Crippen MR) is 84.7 cm³/mol. The minimum absolute atomic E-state index is 0.209. The number of rotatable bonds is 6. The van der Waals surface area contributed by atoms with Crippen LogP contribution in [0.2, 0.25) is 0 Å². The highest BCUT2D eigenvalue weighted by Crippen LogP contribution is 2.45. The summed E-state index contributed by atoms with van der Waals surface area (Å²) in [6.45, 7) is 2.07. The largest absolute Gasteiger partial charge is 0.493 e. The molecule has 0 aliphatic carbocycles. The Balaban J connectivity index is 2.51. The molecule has 1 unspecified atom stereocenters. The molecule has 1 aromatic heterocycles. The van der Waals surface area contributed by atoms with Gasteiger partial charge >= 0.3 is 0 Å². The molecule has 1 aromatic carbocycles. The first kappa shape index (κ1) is 15.6. The van der Waals surface area contributed by atoms with Gasteiger partial charge in [-0.15, -0.1) is 11.3 Å². The summed E-state index contributed by atoms with van der Waals surface area (Å²) in [5.41, 5.74) is 1.91. The highest BCUT2D eigenvalue weighted by atomic mass is 32.1. The Morgan fingerprint density at radius 1 is 1.10 bits per heavy atom. The van der Waals surface area contributed by atoms with Crippen molar-refractivity contribution < 1.29 is 14.2 Å². The molecule has 1 heterocycles. The summed E-state index contributed by atoms with van der Waals surface area (Å²) in [5, 5.41) is 6.13. The molecule has 1 N–H and O–H groups in total. The zero-order valence-corrected chi connectivity index (χ0v) is 13.7. The molecule has 5 nitrogen and oxygen atoms in total. The lowest BCUT2D eigenvalue weighted by atomic mass is 10.1. The van der Waals surface area contributed by atoms with Gasteiger partial charge in [0, 0.05) is 11.4 Å². The monoisotopic (exact) mass is 308 g/mol. The van der Waals surface area contributed by atoms with Crippen LogP contribution in [0.25, 0.3) is 10.6 Å². The highest BCUT2D eigenvalue weighted by molar-refractivity contribution is 7.13. The van der Waals surface area contributed by atoms with Gasteiger partial charge in [-0.25, -0.2) is 4.98 Å². The molecule has 0 aliphatic heterocycles. The average Bonchev–Trinajstić information content (AvgIpc) is 3.02. The highest BCUT2D eigenvalue weighted by Gasteiger charge is 2.19. The summed E-state index contributed by atoms with van der Waals surface area (Å²) in [4.78, 5) is 4.67. The number of nitrogens with one attached hydrogen (secondary N) is 1. The van der Waals surface area contributed by atoms with Crippen LogP contribution in [0.3, 0.4) is 0 Å². The molecule has 0 amide bonds. The second-order valence-electron chi connectivity index (χ2n) is 4.47. The number of methoxy groups -OCH3 is 3. The molecule has 2 rings (SSSR count). The summed E-state index contributed by atoms with van der Waals surface area (Å²) in [7, 11) is 6.74. The van der Waals surface area contributed by atoms with Crippen molar-refractivity contribution in [2.45, 2.75) is 13.0 Å². The van der Waals surface area contributed by atoms with Crippen molar-refractivity contribution >= 4 is 11.3 Å². The Bertz CT molecular complexity index is 613. The van der Waals surface area contributed by atoms with Crippen LogP contribution in [-0.2, 0) is 0 Å². The van der Waals surface area contributed by atoms with Crippen LogP contribution in [0.1, 0.15) is 18.7 Å². The zero-order chi connectivity index (χ0) is 15.4. The van der Waals surface area contributed by atoms with E-state index in [2.05, 4.69) is 17.2 Å². The van der Waals surface area contributed by atoms with Crippen LogP contribution >= 0.6 is 11.3 Å². The number of ether oxygens (including phenoxy) is 3. The molecule has 0 bridgehead atoms. The van der Waals surface area contributed by atoms with Gasteiger partial charge in [-0.3, -0.25) is 0 Å². The average molecular weight is 308 g/mol. The summed E-state index contributed by atoms with van der Waals surface area (Å²) in [5.74, 6) is 1.85. The fourth-order valence-electron chi connectivity index (χ4n) is 2.03. The summed E-state index contributed by atoms with van der Waals surface area (Å²) in [6.07, 6.45) is 0. The van der Waals surface area contributed by atoms with Crippen molar-refractivity contribution in [2.24, 2.45) is 0 Å². The fourth-order valence-corrected chi connectivity index (χ4v) is 2.96. The Hall–Kier alpha value is -1.79. The van der Waals surface area contributed by atoms with Gasteiger partial charge in [0.1, 0.15) is 5.01 Å². The molecule has 21 heavy (non-hydrogen) atoms. The first-order valence-corrected chi connectivity index (χ1v) is 7.46. The second kappa shape index (κ2) is 6.78. The molecule has 2 aromatic rings. The van der Waals surface area contributed by atoms with E-state index in [0.29, 0.717) is 17.2 Å². The van der Waals surface area contributed by atoms with Gasteiger partial charge in [0.15, 0.2) is 11.5 Å². The molecule has 6 heteroatoms. The first-order chi connectivity index (χ1) is 10.2. The predicted octanol–water partition coefficient (Wildman–Crippen LogP) is 3.12. The topological polar surface area (TPSA) is 52.6 Å². The van der Waals surface area contributed by atoms with Crippen molar-refractivity contribution in [3.05, 3.63) is 23.2 Å². The van der Waals surface area contributed by atoms with E-state index in [9.17, 15) is 0 Å². The zero-order valence-electron chi connectivity index (χ0n) is 12.9. The number of hydrogen-bond acceptors (Lipinski definition) is 6. The first-order valence-electron chi connectivity index (χ1n) is 6.58. The molecular formula is C15H20N2O3S. The smallest absolute Gasteiger partial charge is 0.204 e. The Morgan fingerprint density at radius 3 is 2.38 bits per heavy atom. The molecule has 0 fully saturated rings. The number of nitrogens with zero attached hydrogens (tertiary/aromatic N) is 1. The van der Waals surface area contributed by atoms with Crippen molar-refractivity contribution in [2.75, 3.05) is 28.4 Å². The summed E-state index contributed by atoms with van der Waals surface area (Å²) < 4.78 is 16.2. The molecule has 0 saturated heterocycles. The molecule has 0 radical (unpaired) electrons. The molecule has 0 saturated carbocycles. The van der Waals surface area contributed by atoms with E-state index in [1.54, 1.807) is 32.7 Å².